The highest BCUT2D eigenvalue weighted by Crippen LogP contribution is 2.50. The molecule has 4 N–H and O–H groups in total. The van der Waals surface area contributed by atoms with Crippen molar-refractivity contribution in [2.24, 2.45) is 11.1 Å². The summed E-state index contributed by atoms with van der Waals surface area (Å²) in [7, 11) is 0. The predicted octanol–water partition coefficient (Wildman–Crippen LogP) is 2.30. The molecule has 1 aromatic carbocycles. The van der Waals surface area contributed by atoms with Gasteiger partial charge in [-0.15, -0.1) is 12.4 Å². The molecule has 0 saturated heterocycles. The Morgan fingerprint density at radius 3 is 2.77 bits per heavy atom. The van der Waals surface area contributed by atoms with Crippen LogP contribution in [0, 0.1) is 5.41 Å². The Balaban J connectivity index is 0.00000243. The first-order valence-electron chi connectivity index (χ1n) is 8.52. The number of hydrogen-bond acceptors (Lipinski definition) is 5. The summed E-state index contributed by atoms with van der Waals surface area (Å²) in [6.07, 6.45) is -0.0976. The van der Waals surface area contributed by atoms with E-state index in [1.807, 2.05) is 20.8 Å². The summed E-state index contributed by atoms with van der Waals surface area (Å²) >= 11 is 0. The van der Waals surface area contributed by atoms with Gasteiger partial charge in [-0.2, -0.15) is 0 Å². The highest BCUT2D eigenvalue weighted by Gasteiger charge is 2.62. The summed E-state index contributed by atoms with van der Waals surface area (Å²) in [6, 6.07) is 5.13. The van der Waals surface area contributed by atoms with Crippen molar-refractivity contribution in [3.63, 3.8) is 0 Å². The Morgan fingerprint density at radius 2 is 2.15 bits per heavy atom. The number of carbonyl (C=O) groups is 2. The second kappa shape index (κ2) is 7.06. The SMILES string of the molecule is CCOC1CC(N)(C(=O)Nc2ccc3c(c2)NC(=O)C(C)O3)C1(C)C.Cl. The summed E-state index contributed by atoms with van der Waals surface area (Å²) < 4.78 is 11.2. The van der Waals surface area contributed by atoms with Gasteiger partial charge in [0.1, 0.15) is 11.3 Å². The van der Waals surface area contributed by atoms with Gasteiger partial charge in [0.15, 0.2) is 6.10 Å². The van der Waals surface area contributed by atoms with Crippen LogP contribution in [0.3, 0.4) is 0 Å². The third-order valence-electron chi connectivity index (χ3n) is 5.40. The van der Waals surface area contributed by atoms with Gasteiger partial charge in [-0.25, -0.2) is 0 Å². The third-order valence-corrected chi connectivity index (χ3v) is 5.40. The number of hydrogen-bond donors (Lipinski definition) is 3. The second-order valence-electron chi connectivity index (χ2n) is 7.26. The number of ether oxygens (including phenoxy) is 2. The first-order valence-corrected chi connectivity index (χ1v) is 8.52. The van der Waals surface area contributed by atoms with Gasteiger partial charge in [0.2, 0.25) is 5.91 Å². The smallest absolute Gasteiger partial charge is 0.265 e. The van der Waals surface area contributed by atoms with Crippen molar-refractivity contribution in [1.82, 2.24) is 0 Å². The molecule has 2 amide bonds. The van der Waals surface area contributed by atoms with Gasteiger partial charge < -0.3 is 25.8 Å². The van der Waals surface area contributed by atoms with Gasteiger partial charge >= 0.3 is 0 Å². The van der Waals surface area contributed by atoms with E-state index in [2.05, 4.69) is 10.6 Å². The lowest BCUT2D eigenvalue weighted by Crippen LogP contribution is -2.74. The van der Waals surface area contributed by atoms with Crippen molar-refractivity contribution < 1.29 is 19.1 Å². The fraction of sp³-hybridized carbons (Fsp3) is 0.556. The van der Waals surface area contributed by atoms with E-state index in [0.29, 0.717) is 30.2 Å². The van der Waals surface area contributed by atoms with Crippen molar-refractivity contribution >= 4 is 35.6 Å². The van der Waals surface area contributed by atoms with Crippen LogP contribution in [0.25, 0.3) is 0 Å². The molecule has 8 heteroatoms. The van der Waals surface area contributed by atoms with Gasteiger partial charge in [0.25, 0.3) is 5.91 Å². The van der Waals surface area contributed by atoms with Gasteiger partial charge in [-0.1, -0.05) is 13.8 Å². The van der Waals surface area contributed by atoms with Gasteiger partial charge in [0, 0.05) is 24.1 Å². The molecule has 2 aliphatic rings. The molecule has 1 fully saturated rings. The maximum atomic E-state index is 12.8. The number of anilines is 2. The van der Waals surface area contributed by atoms with E-state index in [1.54, 1.807) is 25.1 Å². The Morgan fingerprint density at radius 1 is 1.46 bits per heavy atom. The molecule has 1 aromatic rings. The normalized spacial score (nSPS) is 28.6. The predicted molar refractivity (Wildman–Crippen MR) is 102 cm³/mol. The zero-order valence-corrected chi connectivity index (χ0v) is 16.2. The molecular weight excluding hydrogens is 358 g/mol. The maximum Gasteiger partial charge on any atom is 0.265 e. The topological polar surface area (TPSA) is 103 Å². The van der Waals surface area contributed by atoms with E-state index in [9.17, 15) is 9.59 Å². The zero-order valence-electron chi connectivity index (χ0n) is 15.4. The Bertz CT molecular complexity index is 724. The molecule has 0 spiro atoms. The monoisotopic (exact) mass is 383 g/mol. The Labute approximate surface area is 159 Å². The summed E-state index contributed by atoms with van der Waals surface area (Å²) in [5.74, 6) is 0.101. The van der Waals surface area contributed by atoms with Crippen LogP contribution in [-0.4, -0.2) is 36.2 Å². The number of nitrogens with one attached hydrogen (secondary N) is 2. The molecule has 0 radical (unpaired) electrons. The lowest BCUT2D eigenvalue weighted by Gasteiger charge is -2.57. The minimum Gasteiger partial charge on any atom is -0.479 e. The van der Waals surface area contributed by atoms with E-state index in [4.69, 9.17) is 15.2 Å². The maximum absolute atomic E-state index is 12.8. The summed E-state index contributed by atoms with van der Waals surface area (Å²) in [5.41, 5.74) is 6.01. The van der Waals surface area contributed by atoms with Crippen molar-refractivity contribution in [3.05, 3.63) is 18.2 Å². The highest BCUT2D eigenvalue weighted by molar-refractivity contribution is 6.02. The van der Waals surface area contributed by atoms with Crippen molar-refractivity contribution in [3.8, 4) is 5.75 Å². The molecule has 1 aliphatic heterocycles. The molecule has 3 unspecified atom stereocenters. The molecule has 3 rings (SSSR count). The fourth-order valence-electron chi connectivity index (χ4n) is 3.35. The molecule has 1 saturated carbocycles. The lowest BCUT2D eigenvalue weighted by atomic mass is 9.54. The van der Waals surface area contributed by atoms with E-state index in [-0.39, 0.29) is 30.3 Å². The number of amides is 2. The van der Waals surface area contributed by atoms with Crippen LogP contribution in [0.5, 0.6) is 5.75 Å². The molecule has 1 heterocycles. The van der Waals surface area contributed by atoms with Crippen molar-refractivity contribution in [2.45, 2.75) is 51.9 Å². The number of fused-ring (bicyclic) bond motifs is 1. The first-order chi connectivity index (χ1) is 11.7. The third kappa shape index (κ3) is 3.15. The van der Waals surface area contributed by atoms with E-state index in [1.165, 1.54) is 0 Å². The lowest BCUT2D eigenvalue weighted by molar-refractivity contribution is -0.166. The molecule has 0 bridgehead atoms. The molecule has 3 atom stereocenters. The molecule has 7 nitrogen and oxygen atoms in total. The Kier molecular flexibility index (Phi) is 5.56. The largest absolute Gasteiger partial charge is 0.479 e. The first kappa shape index (κ1) is 20.5. The quantitative estimate of drug-likeness (QED) is 0.740. The molecule has 0 aromatic heterocycles. The molecular formula is C18H26ClN3O4. The summed E-state index contributed by atoms with van der Waals surface area (Å²) in [5, 5.41) is 5.62. The standard InChI is InChI=1S/C18H25N3O4.ClH/c1-5-24-14-9-18(19,17(14,3)4)16(23)20-11-6-7-13-12(8-11)21-15(22)10(2)25-13;/h6-8,10,14H,5,9,19H2,1-4H3,(H,20,23)(H,21,22);1H. The van der Waals surface area contributed by atoms with Crippen LogP contribution < -0.4 is 21.1 Å². The zero-order chi connectivity index (χ0) is 18.4. The van der Waals surface area contributed by atoms with Crippen LogP contribution in [0.15, 0.2) is 18.2 Å². The summed E-state index contributed by atoms with van der Waals surface area (Å²) in [4.78, 5) is 24.5. The van der Waals surface area contributed by atoms with Gasteiger partial charge in [-0.3, -0.25) is 9.59 Å². The number of carbonyl (C=O) groups excluding carboxylic acids is 2. The molecule has 144 valence electrons. The number of nitrogens with two attached hydrogens (primary N) is 1. The number of rotatable bonds is 4. The van der Waals surface area contributed by atoms with Crippen LogP contribution in [0.4, 0.5) is 11.4 Å². The van der Waals surface area contributed by atoms with Crippen LogP contribution in [0.2, 0.25) is 0 Å². The minimum atomic E-state index is -1.00. The average molecular weight is 384 g/mol. The van der Waals surface area contributed by atoms with Crippen LogP contribution in [0.1, 0.15) is 34.1 Å². The second-order valence-corrected chi connectivity index (χ2v) is 7.26. The van der Waals surface area contributed by atoms with Gasteiger partial charge in [0.05, 0.1) is 11.8 Å². The molecule has 26 heavy (non-hydrogen) atoms. The van der Waals surface area contributed by atoms with Crippen LogP contribution in [-0.2, 0) is 14.3 Å². The fourth-order valence-corrected chi connectivity index (χ4v) is 3.35. The van der Waals surface area contributed by atoms with E-state index in [0.717, 1.165) is 0 Å². The number of halogens is 1. The minimum absolute atomic E-state index is 0. The highest BCUT2D eigenvalue weighted by atomic mass is 35.5. The van der Waals surface area contributed by atoms with Gasteiger partial charge in [-0.05, 0) is 32.0 Å². The molecule has 1 aliphatic carbocycles. The Hall–Kier alpha value is -1.83. The van der Waals surface area contributed by atoms with E-state index < -0.39 is 17.1 Å². The number of benzene rings is 1. The van der Waals surface area contributed by atoms with Crippen molar-refractivity contribution in [1.29, 1.82) is 0 Å². The van der Waals surface area contributed by atoms with Crippen LogP contribution >= 0.6 is 12.4 Å². The van der Waals surface area contributed by atoms with Crippen molar-refractivity contribution in [2.75, 3.05) is 17.2 Å². The summed E-state index contributed by atoms with van der Waals surface area (Å²) in [6.45, 7) is 8.09. The average Bonchev–Trinajstić information content (AvgIpc) is 2.55. The van der Waals surface area contributed by atoms with E-state index >= 15 is 0 Å².